The number of β-amino-alcohol motifs (C(OH)–C–C–N with tert-alkyl or cyclic N) is 1. The Labute approximate surface area is 209 Å². The van der Waals surface area contributed by atoms with Crippen molar-refractivity contribution in [2.45, 2.75) is 31.0 Å². The Kier molecular flexibility index (Phi) is 7.84. The van der Waals surface area contributed by atoms with Crippen LogP contribution in [0.25, 0.3) is 0 Å². The zero-order valence-corrected chi connectivity index (χ0v) is 20.1. The number of benzene rings is 2. The van der Waals surface area contributed by atoms with Gasteiger partial charge in [0.25, 0.3) is 5.91 Å². The molecule has 2 aromatic carbocycles. The number of rotatable bonds is 3. The molecule has 2 aliphatic rings. The van der Waals surface area contributed by atoms with Crippen molar-refractivity contribution < 1.29 is 29.0 Å². The number of nitrogens with zero attached hydrogens (tertiary/aromatic N) is 2. The topological polar surface area (TPSA) is 128 Å². The number of likely N-dealkylation sites (N-methyl/N-ethyl adjacent to an activating group) is 1. The fraction of sp³-hybridized carbons (Fsp3) is 0.385. The lowest BCUT2D eigenvalue weighted by molar-refractivity contribution is -0.145. The predicted molar refractivity (Wildman–Crippen MR) is 130 cm³/mol. The summed E-state index contributed by atoms with van der Waals surface area (Å²) < 4.78 is 5.82. The van der Waals surface area contributed by atoms with Crippen LogP contribution in [-0.2, 0) is 20.8 Å². The van der Waals surface area contributed by atoms with Gasteiger partial charge in [-0.3, -0.25) is 19.2 Å². The minimum atomic E-state index is -1.17. The van der Waals surface area contributed by atoms with Crippen LogP contribution in [-0.4, -0.2) is 90.0 Å². The van der Waals surface area contributed by atoms with Gasteiger partial charge in [-0.25, -0.2) is 0 Å². The number of nitrogens with one attached hydrogen (secondary N) is 2. The van der Waals surface area contributed by atoms with Gasteiger partial charge < -0.3 is 30.3 Å². The van der Waals surface area contributed by atoms with Crippen molar-refractivity contribution in [3.63, 3.8) is 0 Å². The SMILES string of the molecule is CN1CCOc2ccccc2C(=O)N[C@H](C(=O)N2CC(O)C2)CC(=O)N[C@@H](Cc2ccccc2)C1=O. The number of amides is 4. The summed E-state index contributed by atoms with van der Waals surface area (Å²) in [4.78, 5) is 55.4. The van der Waals surface area contributed by atoms with E-state index in [-0.39, 0.29) is 50.6 Å². The van der Waals surface area contributed by atoms with E-state index in [1.807, 2.05) is 30.3 Å². The molecule has 1 saturated heterocycles. The number of carbonyl (C=O) groups excluding carboxylic acids is 4. The molecule has 10 nitrogen and oxygen atoms in total. The van der Waals surface area contributed by atoms with E-state index in [4.69, 9.17) is 4.74 Å². The molecule has 2 aliphatic heterocycles. The molecule has 1 fully saturated rings. The smallest absolute Gasteiger partial charge is 0.255 e. The van der Waals surface area contributed by atoms with Crippen LogP contribution < -0.4 is 15.4 Å². The second-order valence-electron chi connectivity index (χ2n) is 9.04. The maximum absolute atomic E-state index is 13.3. The van der Waals surface area contributed by atoms with Crippen LogP contribution in [0.4, 0.5) is 0 Å². The van der Waals surface area contributed by atoms with Crippen LogP contribution in [0.15, 0.2) is 54.6 Å². The molecule has 190 valence electrons. The molecule has 0 spiro atoms. The maximum Gasteiger partial charge on any atom is 0.255 e. The number of likely N-dealkylation sites (tertiary alicyclic amines) is 1. The van der Waals surface area contributed by atoms with Crippen molar-refractivity contribution in [3.05, 3.63) is 65.7 Å². The van der Waals surface area contributed by atoms with Gasteiger partial charge in [0, 0.05) is 26.6 Å². The number of aliphatic hydroxyl groups is 1. The second-order valence-corrected chi connectivity index (χ2v) is 9.04. The van der Waals surface area contributed by atoms with E-state index in [0.717, 1.165) is 5.56 Å². The minimum absolute atomic E-state index is 0.131. The number of para-hydroxylation sites is 1. The molecule has 0 saturated carbocycles. The van der Waals surface area contributed by atoms with Gasteiger partial charge in [0.05, 0.1) is 24.6 Å². The van der Waals surface area contributed by atoms with E-state index in [9.17, 15) is 24.3 Å². The highest BCUT2D eigenvalue weighted by Gasteiger charge is 2.36. The van der Waals surface area contributed by atoms with Crippen LogP contribution in [0.3, 0.4) is 0 Å². The number of aliphatic hydroxyl groups excluding tert-OH is 1. The third-order valence-electron chi connectivity index (χ3n) is 6.28. The summed E-state index contributed by atoms with van der Waals surface area (Å²) in [6.45, 7) is 0.639. The molecule has 4 rings (SSSR count). The van der Waals surface area contributed by atoms with Crippen molar-refractivity contribution >= 4 is 23.6 Å². The monoisotopic (exact) mass is 494 g/mol. The first-order valence-corrected chi connectivity index (χ1v) is 11.9. The van der Waals surface area contributed by atoms with Gasteiger partial charge in [0.2, 0.25) is 17.7 Å². The first kappa shape index (κ1) is 25.2. The largest absolute Gasteiger partial charge is 0.491 e. The number of hydrogen-bond donors (Lipinski definition) is 3. The summed E-state index contributed by atoms with van der Waals surface area (Å²) in [7, 11) is 1.63. The van der Waals surface area contributed by atoms with E-state index < -0.39 is 35.9 Å². The van der Waals surface area contributed by atoms with Crippen LogP contribution >= 0.6 is 0 Å². The van der Waals surface area contributed by atoms with Gasteiger partial charge in [0.1, 0.15) is 24.4 Å². The summed E-state index contributed by atoms with van der Waals surface area (Å²) >= 11 is 0. The Morgan fingerprint density at radius 1 is 1.03 bits per heavy atom. The molecule has 4 amide bonds. The minimum Gasteiger partial charge on any atom is -0.491 e. The third kappa shape index (κ3) is 6.01. The van der Waals surface area contributed by atoms with Crippen molar-refractivity contribution in [1.82, 2.24) is 20.4 Å². The van der Waals surface area contributed by atoms with E-state index >= 15 is 0 Å². The normalized spacial score (nSPS) is 21.9. The first-order chi connectivity index (χ1) is 17.3. The highest BCUT2D eigenvalue weighted by atomic mass is 16.5. The fourth-order valence-corrected chi connectivity index (χ4v) is 4.23. The molecule has 2 heterocycles. The van der Waals surface area contributed by atoms with Gasteiger partial charge in [-0.15, -0.1) is 0 Å². The van der Waals surface area contributed by atoms with Crippen molar-refractivity contribution in [2.24, 2.45) is 0 Å². The molecule has 3 N–H and O–H groups in total. The van der Waals surface area contributed by atoms with Crippen molar-refractivity contribution in [2.75, 3.05) is 33.3 Å². The Bertz CT molecular complexity index is 1120. The van der Waals surface area contributed by atoms with E-state index in [1.165, 1.54) is 9.80 Å². The molecule has 10 heteroatoms. The molecule has 0 aliphatic carbocycles. The molecular weight excluding hydrogens is 464 g/mol. The highest BCUT2D eigenvalue weighted by Crippen LogP contribution is 2.19. The number of ether oxygens (including phenoxy) is 1. The molecule has 0 bridgehead atoms. The quantitative estimate of drug-likeness (QED) is 0.549. The average Bonchev–Trinajstić information content (AvgIpc) is 2.85. The molecule has 2 aromatic rings. The van der Waals surface area contributed by atoms with E-state index in [1.54, 1.807) is 31.3 Å². The van der Waals surface area contributed by atoms with E-state index in [0.29, 0.717) is 5.75 Å². The van der Waals surface area contributed by atoms with Crippen molar-refractivity contribution in [1.29, 1.82) is 0 Å². The lowest BCUT2D eigenvalue weighted by atomic mass is 10.0. The molecular formula is C26H30N4O6. The Morgan fingerprint density at radius 2 is 1.72 bits per heavy atom. The average molecular weight is 495 g/mol. The Balaban J connectivity index is 1.62. The number of hydrogen-bond acceptors (Lipinski definition) is 6. The highest BCUT2D eigenvalue weighted by molar-refractivity contribution is 6.01. The summed E-state index contributed by atoms with van der Waals surface area (Å²) in [5.41, 5.74) is 1.08. The number of fused-ring (bicyclic) bond motifs is 1. The van der Waals surface area contributed by atoms with Crippen LogP contribution in [0.5, 0.6) is 5.75 Å². The number of carbonyl (C=O) groups is 4. The fourth-order valence-electron chi connectivity index (χ4n) is 4.23. The molecule has 0 unspecified atom stereocenters. The maximum atomic E-state index is 13.3. The molecule has 36 heavy (non-hydrogen) atoms. The Hall–Kier alpha value is -3.92. The van der Waals surface area contributed by atoms with Gasteiger partial charge in [-0.05, 0) is 17.7 Å². The zero-order valence-electron chi connectivity index (χ0n) is 20.1. The van der Waals surface area contributed by atoms with Gasteiger partial charge in [-0.1, -0.05) is 42.5 Å². The van der Waals surface area contributed by atoms with Crippen LogP contribution in [0, 0.1) is 0 Å². The molecule has 0 radical (unpaired) electrons. The second kappa shape index (κ2) is 11.2. The molecule has 0 aromatic heterocycles. The molecule has 2 atom stereocenters. The van der Waals surface area contributed by atoms with Crippen molar-refractivity contribution in [3.8, 4) is 5.75 Å². The van der Waals surface area contributed by atoms with Gasteiger partial charge in [0.15, 0.2) is 0 Å². The summed E-state index contributed by atoms with van der Waals surface area (Å²) in [6.07, 6.45) is -0.722. The summed E-state index contributed by atoms with van der Waals surface area (Å²) in [5.74, 6) is -1.56. The standard InChI is InChI=1S/C26H30N4O6/c1-29-11-12-36-22-10-6-5-9-19(22)24(33)28-21(26(35)30-15-18(31)16-30)14-23(32)27-20(25(29)34)13-17-7-3-2-4-8-17/h2-10,18,20-21,31H,11-16H2,1H3,(H,27,32)(H,28,33)/t20-,21-/m0/s1. The lowest BCUT2D eigenvalue weighted by Gasteiger charge is -2.38. The summed E-state index contributed by atoms with van der Waals surface area (Å²) in [5, 5.41) is 15.0. The lowest BCUT2D eigenvalue weighted by Crippen LogP contribution is -2.60. The van der Waals surface area contributed by atoms with E-state index in [2.05, 4.69) is 10.6 Å². The van der Waals surface area contributed by atoms with Gasteiger partial charge >= 0.3 is 0 Å². The van der Waals surface area contributed by atoms with Crippen LogP contribution in [0.2, 0.25) is 0 Å². The van der Waals surface area contributed by atoms with Crippen LogP contribution in [0.1, 0.15) is 22.3 Å². The van der Waals surface area contributed by atoms with Gasteiger partial charge in [-0.2, -0.15) is 0 Å². The summed E-state index contributed by atoms with van der Waals surface area (Å²) in [6, 6.07) is 13.9. The predicted octanol–water partition coefficient (Wildman–Crippen LogP) is -0.0435. The third-order valence-corrected chi connectivity index (χ3v) is 6.28. The zero-order chi connectivity index (χ0) is 25.7. The Morgan fingerprint density at radius 3 is 2.44 bits per heavy atom. The first-order valence-electron chi connectivity index (χ1n) is 11.9.